The fourth-order valence-corrected chi connectivity index (χ4v) is 3.94. The van der Waals surface area contributed by atoms with Gasteiger partial charge in [-0.05, 0) is 44.2 Å². The highest BCUT2D eigenvalue weighted by Gasteiger charge is 2.24. The number of carbonyl (C=O) groups is 1. The number of nitrogens with zero attached hydrogens (tertiary/aromatic N) is 4. The van der Waals surface area contributed by atoms with E-state index in [-0.39, 0.29) is 17.1 Å². The van der Waals surface area contributed by atoms with Crippen molar-refractivity contribution in [2.45, 2.75) is 19.9 Å². The molecule has 1 aromatic heterocycles. The molecule has 2 heterocycles. The number of hydrogen-bond acceptors (Lipinski definition) is 6. The third-order valence-corrected chi connectivity index (χ3v) is 5.72. The summed E-state index contributed by atoms with van der Waals surface area (Å²) < 4.78 is 20.3. The Morgan fingerprint density at radius 3 is 2.58 bits per heavy atom. The van der Waals surface area contributed by atoms with Crippen LogP contribution in [0.2, 0.25) is 0 Å². The van der Waals surface area contributed by atoms with Gasteiger partial charge in [0.25, 0.3) is 11.6 Å². The standard InChI is InChI=1S/C23H24FN5O4/c1-15(21-14-25-28(16(21)2)18-5-3-17(24)4-6-18)26-23(30)20-13-19(29(31)32)7-8-22(20)27-9-11-33-12-10-27/h3-8,13-15H,9-12H2,1-2H3,(H,26,30). The van der Waals surface area contributed by atoms with Crippen molar-refractivity contribution < 1.29 is 18.8 Å². The third-order valence-electron chi connectivity index (χ3n) is 5.72. The van der Waals surface area contributed by atoms with E-state index in [4.69, 9.17) is 4.74 Å². The predicted octanol–water partition coefficient (Wildman–Crippen LogP) is 3.56. The molecule has 3 aromatic rings. The number of nitro groups is 1. The van der Waals surface area contributed by atoms with Crippen molar-refractivity contribution in [3.63, 3.8) is 0 Å². The van der Waals surface area contributed by atoms with Crippen LogP contribution in [0.3, 0.4) is 0 Å². The number of halogens is 1. The first-order chi connectivity index (χ1) is 15.8. The normalized spacial score (nSPS) is 14.7. The molecule has 10 heteroatoms. The van der Waals surface area contributed by atoms with Crippen LogP contribution in [0.5, 0.6) is 0 Å². The molecule has 9 nitrogen and oxygen atoms in total. The zero-order chi connectivity index (χ0) is 23.5. The van der Waals surface area contributed by atoms with Crippen molar-refractivity contribution in [1.82, 2.24) is 15.1 Å². The SMILES string of the molecule is Cc1c(C(C)NC(=O)c2cc([N+](=O)[O-])ccc2N2CCOCC2)cnn1-c1ccc(F)cc1. The summed E-state index contributed by atoms with van der Waals surface area (Å²) >= 11 is 0. The van der Waals surface area contributed by atoms with Gasteiger partial charge in [0.05, 0.1) is 47.3 Å². The van der Waals surface area contributed by atoms with Crippen LogP contribution in [0.25, 0.3) is 5.69 Å². The minimum Gasteiger partial charge on any atom is -0.378 e. The van der Waals surface area contributed by atoms with Crippen LogP contribution in [-0.2, 0) is 4.74 Å². The molecular weight excluding hydrogens is 429 g/mol. The summed E-state index contributed by atoms with van der Waals surface area (Å²) in [6, 6.07) is 9.88. The van der Waals surface area contributed by atoms with Crippen LogP contribution >= 0.6 is 0 Å². The van der Waals surface area contributed by atoms with Crippen molar-refractivity contribution in [2.24, 2.45) is 0 Å². The first-order valence-electron chi connectivity index (χ1n) is 10.6. The molecule has 1 amide bonds. The molecule has 1 N–H and O–H groups in total. The van der Waals surface area contributed by atoms with Gasteiger partial charge in [-0.25, -0.2) is 9.07 Å². The van der Waals surface area contributed by atoms with Gasteiger partial charge in [0, 0.05) is 36.5 Å². The largest absolute Gasteiger partial charge is 0.378 e. The number of rotatable bonds is 6. The number of nitro benzene ring substituents is 1. The lowest BCUT2D eigenvalue weighted by molar-refractivity contribution is -0.384. The lowest BCUT2D eigenvalue weighted by atomic mass is 10.1. The van der Waals surface area contributed by atoms with E-state index in [2.05, 4.69) is 10.4 Å². The number of morpholine rings is 1. The molecule has 4 rings (SSSR count). The van der Waals surface area contributed by atoms with Gasteiger partial charge in [-0.3, -0.25) is 14.9 Å². The van der Waals surface area contributed by atoms with Crippen LogP contribution in [0.15, 0.2) is 48.7 Å². The number of anilines is 1. The van der Waals surface area contributed by atoms with Crippen molar-refractivity contribution in [3.8, 4) is 5.69 Å². The minimum atomic E-state index is -0.514. The summed E-state index contributed by atoms with van der Waals surface area (Å²) in [7, 11) is 0. The Morgan fingerprint density at radius 1 is 1.21 bits per heavy atom. The van der Waals surface area contributed by atoms with Gasteiger partial charge in [-0.1, -0.05) is 0 Å². The zero-order valence-electron chi connectivity index (χ0n) is 18.3. The maximum absolute atomic E-state index is 13.3. The molecule has 1 unspecified atom stereocenters. The number of aromatic nitrogens is 2. The van der Waals surface area contributed by atoms with E-state index >= 15 is 0 Å². The number of ether oxygens (including phenoxy) is 1. The number of non-ortho nitro benzene ring substituents is 1. The average Bonchev–Trinajstić information content (AvgIpc) is 3.21. The first kappa shape index (κ1) is 22.4. The molecular formula is C23H24FN5O4. The number of amides is 1. The topological polar surface area (TPSA) is 103 Å². The van der Waals surface area contributed by atoms with Crippen LogP contribution in [0, 0.1) is 22.9 Å². The molecule has 1 saturated heterocycles. The molecule has 1 atom stereocenters. The van der Waals surface area contributed by atoms with Crippen LogP contribution in [-0.4, -0.2) is 46.9 Å². The molecule has 0 aliphatic carbocycles. The molecule has 0 bridgehead atoms. The van der Waals surface area contributed by atoms with Gasteiger partial charge < -0.3 is 15.0 Å². The van der Waals surface area contributed by atoms with Gasteiger partial charge in [-0.2, -0.15) is 5.10 Å². The second-order valence-corrected chi connectivity index (χ2v) is 7.83. The molecule has 0 saturated carbocycles. The highest BCUT2D eigenvalue weighted by atomic mass is 19.1. The van der Waals surface area contributed by atoms with Gasteiger partial charge >= 0.3 is 0 Å². The van der Waals surface area contributed by atoms with E-state index < -0.39 is 16.9 Å². The molecule has 2 aromatic carbocycles. The fourth-order valence-electron chi connectivity index (χ4n) is 3.94. The molecule has 33 heavy (non-hydrogen) atoms. The Labute approximate surface area is 189 Å². The average molecular weight is 453 g/mol. The monoisotopic (exact) mass is 453 g/mol. The van der Waals surface area contributed by atoms with Gasteiger partial charge in [0.1, 0.15) is 5.82 Å². The number of benzene rings is 2. The third kappa shape index (κ3) is 4.70. The maximum Gasteiger partial charge on any atom is 0.270 e. The summed E-state index contributed by atoms with van der Waals surface area (Å²) in [5.74, 6) is -0.751. The molecule has 172 valence electrons. The maximum atomic E-state index is 13.3. The van der Waals surface area contributed by atoms with Crippen molar-refractivity contribution in [2.75, 3.05) is 31.2 Å². The van der Waals surface area contributed by atoms with E-state index in [1.165, 1.54) is 24.3 Å². The smallest absolute Gasteiger partial charge is 0.270 e. The van der Waals surface area contributed by atoms with Crippen molar-refractivity contribution in [3.05, 3.63) is 81.4 Å². The molecule has 1 aliphatic heterocycles. The highest BCUT2D eigenvalue weighted by molar-refractivity contribution is 6.00. The number of nitrogens with one attached hydrogen (secondary N) is 1. The molecule has 0 spiro atoms. The van der Waals surface area contributed by atoms with Crippen molar-refractivity contribution >= 4 is 17.3 Å². The molecule has 0 radical (unpaired) electrons. The van der Waals surface area contributed by atoms with Crippen LogP contribution in [0.4, 0.5) is 15.8 Å². The second-order valence-electron chi connectivity index (χ2n) is 7.83. The summed E-state index contributed by atoms with van der Waals surface area (Å²) in [4.78, 5) is 26.0. The highest BCUT2D eigenvalue weighted by Crippen LogP contribution is 2.28. The van der Waals surface area contributed by atoms with E-state index in [9.17, 15) is 19.3 Å². The van der Waals surface area contributed by atoms with E-state index in [1.807, 2.05) is 18.7 Å². The predicted molar refractivity (Wildman–Crippen MR) is 120 cm³/mol. The Morgan fingerprint density at radius 2 is 1.91 bits per heavy atom. The number of carbonyl (C=O) groups excluding carboxylic acids is 1. The lowest BCUT2D eigenvalue weighted by Gasteiger charge is -2.30. The van der Waals surface area contributed by atoms with Crippen molar-refractivity contribution in [1.29, 1.82) is 0 Å². The summed E-state index contributed by atoms with van der Waals surface area (Å²) in [6.45, 7) is 5.92. The Hall–Kier alpha value is -3.79. The summed E-state index contributed by atoms with van der Waals surface area (Å²) in [5, 5.41) is 18.6. The Bertz CT molecular complexity index is 1170. The van der Waals surface area contributed by atoms with E-state index in [0.717, 1.165) is 11.3 Å². The van der Waals surface area contributed by atoms with Gasteiger partial charge in [0.15, 0.2) is 0 Å². The minimum absolute atomic E-state index is 0.148. The van der Waals surface area contributed by atoms with Gasteiger partial charge in [0.2, 0.25) is 0 Å². The fraction of sp³-hybridized carbons (Fsp3) is 0.304. The summed E-state index contributed by atoms with van der Waals surface area (Å²) in [5.41, 5.74) is 3.00. The summed E-state index contributed by atoms with van der Waals surface area (Å²) in [6.07, 6.45) is 1.65. The Balaban J connectivity index is 1.59. The quantitative estimate of drug-likeness (QED) is 0.452. The first-order valence-corrected chi connectivity index (χ1v) is 10.6. The van der Waals surface area contributed by atoms with Crippen LogP contribution < -0.4 is 10.2 Å². The van der Waals surface area contributed by atoms with Crippen LogP contribution in [0.1, 0.15) is 34.6 Å². The van der Waals surface area contributed by atoms with E-state index in [0.29, 0.717) is 37.7 Å². The number of hydrogen-bond donors (Lipinski definition) is 1. The lowest BCUT2D eigenvalue weighted by Crippen LogP contribution is -2.38. The second kappa shape index (κ2) is 9.37. The van der Waals surface area contributed by atoms with E-state index in [1.54, 1.807) is 29.1 Å². The molecule has 1 aliphatic rings. The Kier molecular flexibility index (Phi) is 6.36. The zero-order valence-corrected chi connectivity index (χ0v) is 18.3. The molecule has 1 fully saturated rings. The van der Waals surface area contributed by atoms with Gasteiger partial charge in [-0.15, -0.1) is 0 Å².